The molecule has 4 rings (SSSR count). The lowest BCUT2D eigenvalue weighted by molar-refractivity contribution is -0.116. The number of amides is 1. The fourth-order valence-corrected chi connectivity index (χ4v) is 3.90. The Hall–Kier alpha value is -2.65. The predicted octanol–water partition coefficient (Wildman–Crippen LogP) is 5.96. The summed E-state index contributed by atoms with van der Waals surface area (Å²) in [4.78, 5) is 15.0. The summed E-state index contributed by atoms with van der Waals surface area (Å²) < 4.78 is 0. The molecule has 3 aromatic carbocycles. The Balaban J connectivity index is 1.37. The van der Waals surface area contributed by atoms with Gasteiger partial charge < -0.3 is 5.32 Å². The van der Waals surface area contributed by atoms with Gasteiger partial charge in [-0.25, -0.2) is 0 Å². The molecule has 0 bridgehead atoms. The van der Waals surface area contributed by atoms with Crippen molar-refractivity contribution in [2.24, 2.45) is 0 Å². The first-order valence-corrected chi connectivity index (χ1v) is 10.7. The van der Waals surface area contributed by atoms with E-state index >= 15 is 0 Å². The molecule has 3 nitrogen and oxygen atoms in total. The number of carbonyl (C=O) groups excluding carboxylic acids is 1. The van der Waals surface area contributed by atoms with Gasteiger partial charge in [0.05, 0.1) is 0 Å². The average molecular weight is 387 g/mol. The Morgan fingerprint density at radius 3 is 2.45 bits per heavy atom. The summed E-state index contributed by atoms with van der Waals surface area (Å²) in [7, 11) is 0. The molecule has 0 spiro atoms. The maximum Gasteiger partial charge on any atom is 0.225 e. The third kappa shape index (κ3) is 5.04. The van der Waals surface area contributed by atoms with Crippen molar-refractivity contribution in [3.05, 3.63) is 77.9 Å². The van der Waals surface area contributed by atoms with Crippen LogP contribution in [0.5, 0.6) is 0 Å². The molecule has 1 aliphatic rings. The third-order valence-corrected chi connectivity index (χ3v) is 5.80. The monoisotopic (exact) mass is 386 g/mol. The van der Waals surface area contributed by atoms with Crippen LogP contribution in [0.2, 0.25) is 0 Å². The van der Waals surface area contributed by atoms with Crippen molar-refractivity contribution in [3.63, 3.8) is 0 Å². The van der Waals surface area contributed by atoms with Crippen LogP contribution in [0.1, 0.15) is 50.2 Å². The topological polar surface area (TPSA) is 32.3 Å². The van der Waals surface area contributed by atoms with Gasteiger partial charge >= 0.3 is 0 Å². The minimum Gasteiger partial charge on any atom is -0.326 e. The van der Waals surface area contributed by atoms with Crippen LogP contribution in [0.4, 0.5) is 5.69 Å². The highest BCUT2D eigenvalue weighted by Gasteiger charge is 2.29. The number of anilines is 1. The Kier molecular flexibility index (Phi) is 5.96. The van der Waals surface area contributed by atoms with Crippen LogP contribution in [0.3, 0.4) is 0 Å². The second-order valence-corrected chi connectivity index (χ2v) is 8.41. The van der Waals surface area contributed by atoms with E-state index in [-0.39, 0.29) is 5.91 Å². The van der Waals surface area contributed by atoms with E-state index in [4.69, 9.17) is 0 Å². The lowest BCUT2D eigenvalue weighted by Gasteiger charge is -2.22. The summed E-state index contributed by atoms with van der Waals surface area (Å²) in [6.45, 7) is 6.05. The fourth-order valence-electron chi connectivity index (χ4n) is 3.90. The van der Waals surface area contributed by atoms with Gasteiger partial charge in [0.2, 0.25) is 5.91 Å². The van der Waals surface area contributed by atoms with E-state index < -0.39 is 0 Å². The average Bonchev–Trinajstić information content (AvgIpc) is 3.57. The highest BCUT2D eigenvalue weighted by atomic mass is 16.1. The van der Waals surface area contributed by atoms with E-state index in [9.17, 15) is 4.79 Å². The molecule has 0 aliphatic heterocycles. The molecule has 0 saturated heterocycles. The minimum atomic E-state index is 0.0888. The molecule has 3 heteroatoms. The van der Waals surface area contributed by atoms with Gasteiger partial charge in [-0.1, -0.05) is 68.4 Å². The molecule has 0 atom stereocenters. The molecule has 1 N–H and O–H groups in total. The lowest BCUT2D eigenvalue weighted by atomic mass is 10.0. The first-order chi connectivity index (χ1) is 14.1. The van der Waals surface area contributed by atoms with E-state index in [1.807, 2.05) is 12.1 Å². The second-order valence-electron chi connectivity index (χ2n) is 8.41. The Bertz CT molecular complexity index is 968. The zero-order valence-electron chi connectivity index (χ0n) is 17.4. The minimum absolute atomic E-state index is 0.0888. The molecule has 150 valence electrons. The first kappa shape index (κ1) is 19.7. The summed E-state index contributed by atoms with van der Waals surface area (Å²) in [5.41, 5.74) is 3.52. The molecule has 0 heterocycles. The van der Waals surface area contributed by atoms with Gasteiger partial charge in [0.15, 0.2) is 0 Å². The van der Waals surface area contributed by atoms with Crippen molar-refractivity contribution in [2.75, 3.05) is 11.9 Å². The molecule has 3 aromatic rings. The van der Waals surface area contributed by atoms with Crippen LogP contribution in [-0.4, -0.2) is 23.4 Å². The first-order valence-electron chi connectivity index (χ1n) is 10.7. The number of nitrogens with zero attached hydrogens (tertiary/aromatic N) is 1. The van der Waals surface area contributed by atoms with E-state index in [1.54, 1.807) is 0 Å². The third-order valence-electron chi connectivity index (χ3n) is 5.80. The van der Waals surface area contributed by atoms with Crippen LogP contribution in [0, 0.1) is 0 Å². The van der Waals surface area contributed by atoms with Crippen molar-refractivity contribution in [3.8, 4) is 0 Å². The normalized spacial score (nSPS) is 13.9. The fraction of sp³-hybridized carbons (Fsp3) is 0.346. The van der Waals surface area contributed by atoms with Gasteiger partial charge in [0, 0.05) is 31.2 Å². The number of benzene rings is 3. The van der Waals surface area contributed by atoms with E-state index in [0.29, 0.717) is 18.4 Å². The van der Waals surface area contributed by atoms with Gasteiger partial charge in [-0.15, -0.1) is 0 Å². The highest BCUT2D eigenvalue weighted by molar-refractivity contribution is 5.90. The van der Waals surface area contributed by atoms with Crippen LogP contribution >= 0.6 is 0 Å². The standard InChI is InChI=1S/C26H30N2O/c1-19(2)20-10-12-23(13-11-20)27-26(29)16-17-28(24-14-15-24)18-22-8-5-7-21-6-3-4-9-25(21)22/h3-13,19,24H,14-18H2,1-2H3,(H,27,29). The zero-order chi connectivity index (χ0) is 20.2. The smallest absolute Gasteiger partial charge is 0.225 e. The Morgan fingerprint density at radius 2 is 1.72 bits per heavy atom. The van der Waals surface area contributed by atoms with E-state index in [0.717, 1.165) is 18.8 Å². The number of nitrogens with one attached hydrogen (secondary N) is 1. The van der Waals surface area contributed by atoms with Crippen molar-refractivity contribution >= 4 is 22.4 Å². The molecule has 0 radical (unpaired) electrons. The van der Waals surface area contributed by atoms with Gasteiger partial charge in [-0.3, -0.25) is 9.69 Å². The SMILES string of the molecule is CC(C)c1ccc(NC(=O)CCN(Cc2cccc3ccccc23)C2CC2)cc1. The summed E-state index contributed by atoms with van der Waals surface area (Å²) in [6.07, 6.45) is 3.00. The maximum atomic E-state index is 12.5. The molecular formula is C26H30N2O. The summed E-state index contributed by atoms with van der Waals surface area (Å²) in [5.74, 6) is 0.590. The van der Waals surface area contributed by atoms with Gasteiger partial charge in [-0.05, 0) is 52.8 Å². The maximum absolute atomic E-state index is 12.5. The molecule has 0 unspecified atom stereocenters. The molecule has 1 aliphatic carbocycles. The van der Waals surface area contributed by atoms with Crippen LogP contribution in [0.25, 0.3) is 10.8 Å². The largest absolute Gasteiger partial charge is 0.326 e. The summed E-state index contributed by atoms with van der Waals surface area (Å²) in [6, 6.07) is 23.9. The van der Waals surface area contributed by atoms with Crippen molar-refractivity contribution in [1.82, 2.24) is 4.90 Å². The number of hydrogen-bond donors (Lipinski definition) is 1. The van der Waals surface area contributed by atoms with Crippen molar-refractivity contribution < 1.29 is 4.79 Å². The van der Waals surface area contributed by atoms with Gasteiger partial charge in [-0.2, -0.15) is 0 Å². The molecule has 1 amide bonds. The van der Waals surface area contributed by atoms with Gasteiger partial charge in [0.1, 0.15) is 0 Å². The highest BCUT2D eigenvalue weighted by Crippen LogP contribution is 2.30. The quantitative estimate of drug-likeness (QED) is 0.518. The number of fused-ring (bicyclic) bond motifs is 1. The van der Waals surface area contributed by atoms with Crippen molar-refractivity contribution in [2.45, 2.75) is 51.6 Å². The molecule has 1 fully saturated rings. The van der Waals surface area contributed by atoms with Crippen molar-refractivity contribution in [1.29, 1.82) is 0 Å². The molecular weight excluding hydrogens is 356 g/mol. The summed E-state index contributed by atoms with van der Waals surface area (Å²) in [5, 5.41) is 5.65. The van der Waals surface area contributed by atoms with Crippen LogP contribution in [0.15, 0.2) is 66.7 Å². The van der Waals surface area contributed by atoms with Gasteiger partial charge in [0.25, 0.3) is 0 Å². The predicted molar refractivity (Wildman–Crippen MR) is 121 cm³/mol. The number of carbonyl (C=O) groups is 1. The number of rotatable bonds is 8. The lowest BCUT2D eigenvalue weighted by Crippen LogP contribution is -2.29. The Morgan fingerprint density at radius 1 is 1.00 bits per heavy atom. The molecule has 0 aromatic heterocycles. The zero-order valence-corrected chi connectivity index (χ0v) is 17.4. The Labute approximate surface area is 173 Å². The number of hydrogen-bond acceptors (Lipinski definition) is 2. The molecule has 1 saturated carbocycles. The molecule has 29 heavy (non-hydrogen) atoms. The van der Waals surface area contributed by atoms with Crippen LogP contribution in [-0.2, 0) is 11.3 Å². The van der Waals surface area contributed by atoms with E-state index in [2.05, 4.69) is 78.7 Å². The second kappa shape index (κ2) is 8.79. The summed E-state index contributed by atoms with van der Waals surface area (Å²) >= 11 is 0. The van der Waals surface area contributed by atoms with E-state index in [1.165, 1.54) is 34.7 Å². The van der Waals surface area contributed by atoms with Crippen LogP contribution < -0.4 is 5.32 Å².